The molecule has 6 nitrogen and oxygen atoms in total. The highest BCUT2D eigenvalue weighted by Crippen LogP contribution is 2.12. The van der Waals surface area contributed by atoms with E-state index >= 15 is 0 Å². The summed E-state index contributed by atoms with van der Waals surface area (Å²) in [7, 11) is 0. The highest BCUT2D eigenvalue weighted by Gasteiger charge is 2.21. The molecule has 1 aromatic carbocycles. The molecule has 0 radical (unpaired) electrons. The predicted octanol–water partition coefficient (Wildman–Crippen LogP) is -0.517. The van der Waals surface area contributed by atoms with E-state index in [9.17, 15) is 9.59 Å². The fraction of sp³-hybridized carbons (Fsp3) is 0.385. The normalized spacial score (nSPS) is 15.0. The highest BCUT2D eigenvalue weighted by molar-refractivity contribution is 5.86. The maximum atomic E-state index is 11.8. The molecule has 1 aromatic rings. The third kappa shape index (κ3) is 3.69. The molecule has 0 saturated carbocycles. The molecule has 3 N–H and O–H groups in total. The van der Waals surface area contributed by atoms with Crippen molar-refractivity contribution in [2.45, 2.75) is 6.54 Å². The van der Waals surface area contributed by atoms with E-state index in [4.69, 9.17) is 10.5 Å². The summed E-state index contributed by atoms with van der Waals surface area (Å²) in [5, 5.41) is 2.67. The van der Waals surface area contributed by atoms with Gasteiger partial charge in [0.05, 0.1) is 6.54 Å². The van der Waals surface area contributed by atoms with E-state index in [1.54, 1.807) is 12.1 Å². The molecule has 1 aliphatic heterocycles. The minimum Gasteiger partial charge on any atom is -0.484 e. The lowest BCUT2D eigenvalue weighted by atomic mass is 10.2. The van der Waals surface area contributed by atoms with Crippen molar-refractivity contribution < 1.29 is 14.3 Å². The first-order valence-electron chi connectivity index (χ1n) is 6.15. The van der Waals surface area contributed by atoms with Gasteiger partial charge < -0.3 is 20.7 Å². The Morgan fingerprint density at radius 2 is 2.11 bits per heavy atom. The number of piperazine rings is 1. The minimum atomic E-state index is -0.183. The maximum Gasteiger partial charge on any atom is 0.261 e. The second-order valence-corrected chi connectivity index (χ2v) is 4.30. The van der Waals surface area contributed by atoms with Crippen LogP contribution < -0.4 is 15.8 Å². The molecular formula is C13H17N3O3. The third-order valence-corrected chi connectivity index (χ3v) is 2.91. The van der Waals surface area contributed by atoms with Crippen LogP contribution in [0.3, 0.4) is 0 Å². The first kappa shape index (κ1) is 13.4. The van der Waals surface area contributed by atoms with Gasteiger partial charge >= 0.3 is 0 Å². The molecule has 0 unspecified atom stereocenters. The van der Waals surface area contributed by atoms with Gasteiger partial charge in [-0.2, -0.15) is 0 Å². The number of hydrogen-bond donors (Lipinski definition) is 2. The van der Waals surface area contributed by atoms with Crippen LogP contribution in [0.2, 0.25) is 0 Å². The summed E-state index contributed by atoms with van der Waals surface area (Å²) >= 11 is 0. The summed E-state index contributed by atoms with van der Waals surface area (Å²) < 4.78 is 5.39. The van der Waals surface area contributed by atoms with E-state index in [1.807, 2.05) is 12.1 Å². The van der Waals surface area contributed by atoms with Crippen molar-refractivity contribution in [2.75, 3.05) is 26.2 Å². The second kappa shape index (κ2) is 6.19. The summed E-state index contributed by atoms with van der Waals surface area (Å²) in [6, 6.07) is 7.26. The van der Waals surface area contributed by atoms with E-state index in [2.05, 4.69) is 5.32 Å². The molecule has 0 atom stereocenters. The monoisotopic (exact) mass is 263 g/mol. The molecule has 1 fully saturated rings. The third-order valence-electron chi connectivity index (χ3n) is 2.91. The van der Waals surface area contributed by atoms with Gasteiger partial charge in [0.25, 0.3) is 5.91 Å². The molecule has 0 aromatic heterocycles. The number of carbonyl (C=O) groups excluding carboxylic acids is 2. The fourth-order valence-corrected chi connectivity index (χ4v) is 1.81. The van der Waals surface area contributed by atoms with E-state index in [-0.39, 0.29) is 25.0 Å². The Morgan fingerprint density at radius 1 is 1.37 bits per heavy atom. The van der Waals surface area contributed by atoms with Crippen molar-refractivity contribution in [1.82, 2.24) is 10.2 Å². The molecule has 19 heavy (non-hydrogen) atoms. The number of nitrogens with two attached hydrogens (primary N) is 1. The molecule has 2 amide bonds. The Morgan fingerprint density at radius 3 is 2.74 bits per heavy atom. The van der Waals surface area contributed by atoms with Crippen molar-refractivity contribution in [3.05, 3.63) is 29.8 Å². The fourth-order valence-electron chi connectivity index (χ4n) is 1.81. The van der Waals surface area contributed by atoms with Crippen LogP contribution in [-0.2, 0) is 16.1 Å². The number of nitrogens with zero attached hydrogens (tertiary/aromatic N) is 1. The van der Waals surface area contributed by atoms with Crippen LogP contribution in [0.1, 0.15) is 5.56 Å². The zero-order valence-electron chi connectivity index (χ0n) is 10.6. The molecule has 0 bridgehead atoms. The summed E-state index contributed by atoms with van der Waals surface area (Å²) in [5.74, 6) is 0.302. The second-order valence-electron chi connectivity index (χ2n) is 4.30. The van der Waals surface area contributed by atoms with Crippen molar-refractivity contribution in [3.63, 3.8) is 0 Å². The lowest BCUT2D eigenvalue weighted by molar-refractivity contribution is -0.139. The molecule has 0 aliphatic carbocycles. The Labute approximate surface area is 111 Å². The SMILES string of the molecule is NCc1ccc(OCC(=O)N2CCNC(=O)C2)cc1. The zero-order valence-corrected chi connectivity index (χ0v) is 10.6. The first-order chi connectivity index (χ1) is 9.19. The van der Waals surface area contributed by atoms with Gasteiger partial charge in [-0.15, -0.1) is 0 Å². The first-order valence-corrected chi connectivity index (χ1v) is 6.15. The van der Waals surface area contributed by atoms with Crippen LogP contribution in [0.4, 0.5) is 0 Å². The van der Waals surface area contributed by atoms with Gasteiger partial charge in [-0.3, -0.25) is 9.59 Å². The zero-order chi connectivity index (χ0) is 13.7. The number of nitrogens with one attached hydrogen (secondary N) is 1. The van der Waals surface area contributed by atoms with E-state index < -0.39 is 0 Å². The smallest absolute Gasteiger partial charge is 0.261 e. The molecule has 1 heterocycles. The highest BCUT2D eigenvalue weighted by atomic mass is 16.5. The largest absolute Gasteiger partial charge is 0.484 e. The number of ether oxygens (including phenoxy) is 1. The van der Waals surface area contributed by atoms with Crippen molar-refractivity contribution in [3.8, 4) is 5.75 Å². The Balaban J connectivity index is 1.83. The van der Waals surface area contributed by atoms with Crippen LogP contribution >= 0.6 is 0 Å². The lowest BCUT2D eigenvalue weighted by Crippen LogP contribution is -2.51. The van der Waals surface area contributed by atoms with Gasteiger partial charge in [0, 0.05) is 19.6 Å². The quantitative estimate of drug-likeness (QED) is 0.765. The number of benzene rings is 1. The Bertz CT molecular complexity index is 459. The Hall–Kier alpha value is -2.08. The van der Waals surface area contributed by atoms with Crippen molar-refractivity contribution in [1.29, 1.82) is 0 Å². The number of hydrogen-bond acceptors (Lipinski definition) is 4. The minimum absolute atomic E-state index is 0.0603. The van der Waals surface area contributed by atoms with Gasteiger partial charge in [-0.05, 0) is 17.7 Å². The van der Waals surface area contributed by atoms with Gasteiger partial charge in [0.1, 0.15) is 5.75 Å². The molecule has 2 rings (SSSR count). The van der Waals surface area contributed by atoms with Gasteiger partial charge in [-0.1, -0.05) is 12.1 Å². The summed E-state index contributed by atoms with van der Waals surface area (Å²) in [5.41, 5.74) is 6.50. The van der Waals surface area contributed by atoms with Crippen LogP contribution in [0.5, 0.6) is 5.75 Å². The van der Waals surface area contributed by atoms with E-state index in [0.29, 0.717) is 25.4 Å². The summed E-state index contributed by atoms with van der Waals surface area (Å²) in [6.07, 6.45) is 0. The molecule has 6 heteroatoms. The summed E-state index contributed by atoms with van der Waals surface area (Å²) in [4.78, 5) is 24.5. The average Bonchev–Trinajstić information content (AvgIpc) is 2.45. The number of rotatable bonds is 4. The standard InChI is InChI=1S/C13H17N3O3/c14-7-10-1-3-11(4-2-10)19-9-13(18)16-6-5-15-12(17)8-16/h1-4H,5-9,14H2,(H,15,17). The predicted molar refractivity (Wildman–Crippen MR) is 69.4 cm³/mol. The Kier molecular flexibility index (Phi) is 4.35. The van der Waals surface area contributed by atoms with Crippen LogP contribution in [0.25, 0.3) is 0 Å². The van der Waals surface area contributed by atoms with Crippen LogP contribution in [0.15, 0.2) is 24.3 Å². The lowest BCUT2D eigenvalue weighted by Gasteiger charge is -2.26. The topological polar surface area (TPSA) is 84.7 Å². The molecule has 0 spiro atoms. The van der Waals surface area contributed by atoms with Crippen LogP contribution in [-0.4, -0.2) is 43.0 Å². The molecular weight excluding hydrogens is 246 g/mol. The van der Waals surface area contributed by atoms with E-state index in [1.165, 1.54) is 4.90 Å². The molecule has 1 saturated heterocycles. The van der Waals surface area contributed by atoms with Gasteiger partial charge in [0.2, 0.25) is 5.91 Å². The number of carbonyl (C=O) groups is 2. The number of amides is 2. The maximum absolute atomic E-state index is 11.8. The van der Waals surface area contributed by atoms with Crippen molar-refractivity contribution >= 4 is 11.8 Å². The van der Waals surface area contributed by atoms with E-state index in [0.717, 1.165) is 5.56 Å². The molecule has 1 aliphatic rings. The van der Waals surface area contributed by atoms with Crippen molar-refractivity contribution in [2.24, 2.45) is 5.73 Å². The van der Waals surface area contributed by atoms with Gasteiger partial charge in [-0.25, -0.2) is 0 Å². The molecule has 102 valence electrons. The summed E-state index contributed by atoms with van der Waals surface area (Å²) in [6.45, 7) is 1.54. The van der Waals surface area contributed by atoms with Gasteiger partial charge in [0.15, 0.2) is 6.61 Å². The average molecular weight is 263 g/mol. The van der Waals surface area contributed by atoms with Crippen LogP contribution in [0, 0.1) is 0 Å².